The Morgan fingerprint density at radius 1 is 1.20 bits per heavy atom. The van der Waals surface area contributed by atoms with Gasteiger partial charge >= 0.3 is 0 Å². The molecule has 0 bridgehead atoms. The third-order valence-electron chi connectivity index (χ3n) is 4.49. The second-order valence-corrected chi connectivity index (χ2v) is 8.01. The van der Waals surface area contributed by atoms with Gasteiger partial charge in [0.1, 0.15) is 0 Å². The van der Waals surface area contributed by atoms with Crippen LogP contribution in [0, 0.1) is 0 Å². The van der Waals surface area contributed by atoms with E-state index in [1.165, 1.54) is 12.1 Å². The maximum Gasteiger partial charge on any atom is 0.258 e. The fourth-order valence-electron chi connectivity index (χ4n) is 2.92. The first kappa shape index (κ1) is 17.6. The van der Waals surface area contributed by atoms with Crippen LogP contribution < -0.4 is 9.62 Å². The molecule has 0 aliphatic carbocycles. The van der Waals surface area contributed by atoms with Crippen LogP contribution in [0.4, 0.5) is 5.69 Å². The Balaban J connectivity index is 1.89. The lowest BCUT2D eigenvalue weighted by atomic mass is 10.1. The van der Waals surface area contributed by atoms with Crippen molar-refractivity contribution < 1.29 is 13.2 Å². The highest BCUT2D eigenvalue weighted by molar-refractivity contribution is 7.89. The van der Waals surface area contributed by atoms with Crippen LogP contribution in [-0.2, 0) is 16.4 Å². The van der Waals surface area contributed by atoms with Gasteiger partial charge in [0, 0.05) is 23.8 Å². The van der Waals surface area contributed by atoms with Gasteiger partial charge in [0.25, 0.3) is 5.91 Å². The van der Waals surface area contributed by atoms with Crippen LogP contribution in [0.25, 0.3) is 0 Å². The Kier molecular flexibility index (Phi) is 4.92. The van der Waals surface area contributed by atoms with Crippen molar-refractivity contribution in [1.29, 1.82) is 0 Å². The number of sulfonamides is 1. The third-order valence-corrected chi connectivity index (χ3v) is 6.08. The molecule has 1 aliphatic heterocycles. The minimum atomic E-state index is -3.63. The van der Waals surface area contributed by atoms with Crippen LogP contribution in [0.3, 0.4) is 0 Å². The predicted octanol–water partition coefficient (Wildman–Crippen LogP) is 2.97. The zero-order valence-corrected chi connectivity index (χ0v) is 15.2. The smallest absolute Gasteiger partial charge is 0.258 e. The van der Waals surface area contributed by atoms with E-state index in [-0.39, 0.29) is 16.8 Å². The second kappa shape index (κ2) is 6.98. The molecule has 0 fully saturated rings. The van der Waals surface area contributed by atoms with E-state index in [2.05, 4.69) is 4.72 Å². The molecule has 0 saturated heterocycles. The number of benzene rings is 2. The Bertz CT molecular complexity index is 893. The Morgan fingerprint density at radius 2 is 1.96 bits per heavy atom. The van der Waals surface area contributed by atoms with Gasteiger partial charge in [-0.1, -0.05) is 31.2 Å². The summed E-state index contributed by atoms with van der Waals surface area (Å²) in [4.78, 5) is 14.7. The molecule has 3 rings (SSSR count). The van der Waals surface area contributed by atoms with E-state index < -0.39 is 10.0 Å². The first-order valence-electron chi connectivity index (χ1n) is 8.44. The molecule has 1 aliphatic rings. The molecule has 6 heteroatoms. The van der Waals surface area contributed by atoms with Crippen molar-refractivity contribution in [3.05, 3.63) is 59.7 Å². The van der Waals surface area contributed by atoms with Crippen LogP contribution in [0.5, 0.6) is 0 Å². The van der Waals surface area contributed by atoms with Gasteiger partial charge in [-0.2, -0.15) is 0 Å². The fourth-order valence-corrected chi connectivity index (χ4v) is 4.29. The van der Waals surface area contributed by atoms with E-state index >= 15 is 0 Å². The minimum absolute atomic E-state index is 0.117. The average molecular weight is 358 g/mol. The summed E-state index contributed by atoms with van der Waals surface area (Å²) < 4.78 is 27.5. The molecule has 1 N–H and O–H groups in total. The van der Waals surface area contributed by atoms with Gasteiger partial charge in [0.05, 0.1) is 4.90 Å². The van der Waals surface area contributed by atoms with Gasteiger partial charge in [0.15, 0.2) is 0 Å². The van der Waals surface area contributed by atoms with Gasteiger partial charge in [-0.15, -0.1) is 0 Å². The van der Waals surface area contributed by atoms with Crippen molar-refractivity contribution in [2.24, 2.45) is 0 Å². The van der Waals surface area contributed by atoms with E-state index in [1.807, 2.05) is 38.1 Å². The van der Waals surface area contributed by atoms with E-state index in [9.17, 15) is 13.2 Å². The fraction of sp³-hybridized carbons (Fsp3) is 0.316. The summed E-state index contributed by atoms with van der Waals surface area (Å²) in [6.45, 7) is 4.34. The lowest BCUT2D eigenvalue weighted by molar-refractivity contribution is 0.0989. The SMILES string of the molecule is CCC(C)NS(=O)(=O)c1cccc(C(=O)N2CCc3ccccc32)c1. The monoisotopic (exact) mass is 358 g/mol. The number of carbonyl (C=O) groups is 1. The van der Waals surface area contributed by atoms with Crippen LogP contribution in [-0.4, -0.2) is 26.9 Å². The molecule has 1 heterocycles. The Morgan fingerprint density at radius 3 is 2.72 bits per heavy atom. The molecule has 1 atom stereocenters. The number of amides is 1. The lowest BCUT2D eigenvalue weighted by Crippen LogP contribution is -2.32. The van der Waals surface area contributed by atoms with E-state index in [4.69, 9.17) is 0 Å². The number of rotatable bonds is 5. The molecule has 0 spiro atoms. The van der Waals surface area contributed by atoms with Crippen LogP contribution in [0.15, 0.2) is 53.4 Å². The standard InChI is InChI=1S/C19H22N2O3S/c1-3-14(2)20-25(23,24)17-9-6-8-16(13-17)19(22)21-12-11-15-7-4-5-10-18(15)21/h4-10,13-14,20H,3,11-12H2,1-2H3. The summed E-state index contributed by atoms with van der Waals surface area (Å²) in [6, 6.07) is 13.9. The number of hydrogen-bond acceptors (Lipinski definition) is 3. The third kappa shape index (κ3) is 3.60. The molecule has 5 nitrogen and oxygen atoms in total. The maximum absolute atomic E-state index is 12.9. The number of nitrogens with zero attached hydrogens (tertiary/aromatic N) is 1. The number of nitrogens with one attached hydrogen (secondary N) is 1. The molecule has 0 radical (unpaired) electrons. The number of anilines is 1. The maximum atomic E-state index is 12.9. The summed E-state index contributed by atoms with van der Waals surface area (Å²) in [6.07, 6.45) is 1.51. The highest BCUT2D eigenvalue weighted by atomic mass is 32.2. The van der Waals surface area contributed by atoms with Crippen LogP contribution >= 0.6 is 0 Å². The van der Waals surface area contributed by atoms with Gasteiger partial charge in [-0.05, 0) is 49.6 Å². The van der Waals surface area contributed by atoms with Gasteiger partial charge in [-0.25, -0.2) is 13.1 Å². The van der Waals surface area contributed by atoms with E-state index in [1.54, 1.807) is 17.0 Å². The topological polar surface area (TPSA) is 66.5 Å². The molecular formula is C19H22N2O3S. The summed E-state index contributed by atoms with van der Waals surface area (Å²) in [5.74, 6) is -0.175. The molecule has 1 unspecified atom stereocenters. The number of para-hydroxylation sites is 1. The van der Waals surface area contributed by atoms with Crippen LogP contribution in [0.2, 0.25) is 0 Å². The molecule has 0 aromatic heterocycles. The van der Waals surface area contributed by atoms with E-state index in [0.717, 1.165) is 17.7 Å². The van der Waals surface area contributed by atoms with Crippen molar-refractivity contribution in [3.63, 3.8) is 0 Å². The summed E-state index contributed by atoms with van der Waals surface area (Å²) in [5.41, 5.74) is 2.42. The van der Waals surface area contributed by atoms with Crippen molar-refractivity contribution in [3.8, 4) is 0 Å². The second-order valence-electron chi connectivity index (χ2n) is 6.29. The zero-order valence-electron chi connectivity index (χ0n) is 14.4. The summed E-state index contributed by atoms with van der Waals surface area (Å²) in [7, 11) is -3.63. The molecule has 132 valence electrons. The first-order chi connectivity index (χ1) is 11.9. The molecule has 1 amide bonds. The quantitative estimate of drug-likeness (QED) is 0.893. The molecule has 25 heavy (non-hydrogen) atoms. The summed E-state index contributed by atoms with van der Waals surface area (Å²) in [5, 5.41) is 0. The van der Waals surface area contributed by atoms with Gasteiger partial charge in [0.2, 0.25) is 10.0 Å². The predicted molar refractivity (Wildman–Crippen MR) is 98.3 cm³/mol. The highest BCUT2D eigenvalue weighted by Crippen LogP contribution is 2.29. The largest absolute Gasteiger partial charge is 0.308 e. The minimum Gasteiger partial charge on any atom is -0.308 e. The van der Waals surface area contributed by atoms with E-state index in [0.29, 0.717) is 18.5 Å². The molecule has 2 aromatic rings. The van der Waals surface area contributed by atoms with Crippen molar-refractivity contribution in [2.45, 2.75) is 37.6 Å². The number of fused-ring (bicyclic) bond motifs is 1. The Labute approximate surface area is 148 Å². The van der Waals surface area contributed by atoms with Crippen molar-refractivity contribution >= 4 is 21.6 Å². The lowest BCUT2D eigenvalue weighted by Gasteiger charge is -2.18. The van der Waals surface area contributed by atoms with Gasteiger partial charge < -0.3 is 4.90 Å². The Hall–Kier alpha value is -2.18. The molecular weight excluding hydrogens is 336 g/mol. The average Bonchev–Trinajstić information content (AvgIpc) is 3.05. The van der Waals surface area contributed by atoms with Crippen molar-refractivity contribution in [1.82, 2.24) is 4.72 Å². The molecule has 0 saturated carbocycles. The van der Waals surface area contributed by atoms with Crippen LogP contribution in [0.1, 0.15) is 36.2 Å². The van der Waals surface area contributed by atoms with Crippen molar-refractivity contribution in [2.75, 3.05) is 11.4 Å². The molecule has 2 aromatic carbocycles. The zero-order chi connectivity index (χ0) is 18.0. The summed E-state index contributed by atoms with van der Waals surface area (Å²) >= 11 is 0. The number of hydrogen-bond donors (Lipinski definition) is 1. The highest BCUT2D eigenvalue weighted by Gasteiger charge is 2.26. The van der Waals surface area contributed by atoms with Gasteiger partial charge in [-0.3, -0.25) is 4.79 Å². The normalized spacial score (nSPS) is 15.0. The first-order valence-corrected chi connectivity index (χ1v) is 9.93. The number of carbonyl (C=O) groups excluding carboxylic acids is 1.